The Bertz CT molecular complexity index is 2540. The highest BCUT2D eigenvalue weighted by molar-refractivity contribution is 5.72. The molecule has 9 nitrogen and oxygen atoms in total. The SMILES string of the molecule is CCCC(OC(c1ccccc1)(c1ccccc1)c1ccc(OCC)c(CO)c1)n1cnc2cnc(NC(c3ccccc3)(c3ccccc3)c3ccccc3OC)nc21. The van der Waals surface area contributed by atoms with Crippen LogP contribution >= 0.6 is 0 Å². The number of hydrogen-bond acceptors (Lipinski definition) is 8. The summed E-state index contributed by atoms with van der Waals surface area (Å²) in [4.78, 5) is 15.0. The van der Waals surface area contributed by atoms with E-state index in [4.69, 9.17) is 29.2 Å². The zero-order valence-electron chi connectivity index (χ0n) is 34.1. The van der Waals surface area contributed by atoms with E-state index in [1.54, 1.807) is 19.6 Å². The third kappa shape index (κ3) is 7.49. The van der Waals surface area contributed by atoms with Crippen LogP contribution in [0.15, 0.2) is 176 Å². The van der Waals surface area contributed by atoms with E-state index in [0.29, 0.717) is 41.5 Å². The molecule has 8 aromatic rings. The Kier molecular flexibility index (Phi) is 12.0. The Morgan fingerprint density at radius 2 is 1.25 bits per heavy atom. The average molecular weight is 796 g/mol. The third-order valence-corrected chi connectivity index (χ3v) is 11.0. The summed E-state index contributed by atoms with van der Waals surface area (Å²) in [5.41, 5.74) is 5.41. The minimum absolute atomic E-state index is 0.192. The number of imidazole rings is 1. The van der Waals surface area contributed by atoms with Crippen molar-refractivity contribution in [2.24, 2.45) is 0 Å². The molecule has 0 radical (unpaired) electrons. The summed E-state index contributed by atoms with van der Waals surface area (Å²) in [5, 5.41) is 14.4. The van der Waals surface area contributed by atoms with Crippen molar-refractivity contribution in [3.8, 4) is 11.5 Å². The van der Waals surface area contributed by atoms with Crippen LogP contribution in [-0.4, -0.2) is 38.3 Å². The zero-order chi connectivity index (χ0) is 41.4. The number of aromatic nitrogens is 4. The average Bonchev–Trinajstić information content (AvgIpc) is 3.74. The summed E-state index contributed by atoms with van der Waals surface area (Å²) in [6.07, 6.45) is 4.46. The maximum atomic E-state index is 10.6. The summed E-state index contributed by atoms with van der Waals surface area (Å²) < 4.78 is 21.6. The molecule has 1 unspecified atom stereocenters. The van der Waals surface area contributed by atoms with Gasteiger partial charge >= 0.3 is 0 Å². The second-order valence-corrected chi connectivity index (χ2v) is 14.5. The zero-order valence-corrected chi connectivity index (χ0v) is 34.1. The number of hydrogen-bond donors (Lipinski definition) is 2. The number of fused-ring (bicyclic) bond motifs is 1. The van der Waals surface area contributed by atoms with Crippen molar-refractivity contribution in [3.63, 3.8) is 0 Å². The smallest absolute Gasteiger partial charge is 0.226 e. The van der Waals surface area contributed by atoms with Crippen molar-refractivity contribution in [2.45, 2.75) is 50.7 Å². The topological polar surface area (TPSA) is 104 Å². The largest absolute Gasteiger partial charge is 0.496 e. The molecular weight excluding hydrogens is 747 g/mol. The Labute approximate surface area is 351 Å². The molecule has 8 rings (SSSR count). The van der Waals surface area contributed by atoms with Gasteiger partial charge in [0.05, 0.1) is 32.8 Å². The van der Waals surface area contributed by atoms with E-state index in [-0.39, 0.29) is 6.61 Å². The molecule has 0 saturated carbocycles. The van der Waals surface area contributed by atoms with Gasteiger partial charge in [0.1, 0.15) is 34.4 Å². The highest BCUT2D eigenvalue weighted by Gasteiger charge is 2.42. The quantitative estimate of drug-likeness (QED) is 0.0879. The van der Waals surface area contributed by atoms with Gasteiger partial charge in [0.15, 0.2) is 5.65 Å². The number of aliphatic hydroxyl groups is 1. The number of para-hydroxylation sites is 1. The molecule has 0 amide bonds. The van der Waals surface area contributed by atoms with Crippen LogP contribution < -0.4 is 14.8 Å². The maximum absolute atomic E-state index is 10.6. The number of benzene rings is 6. The predicted octanol–water partition coefficient (Wildman–Crippen LogP) is 10.4. The first-order valence-corrected chi connectivity index (χ1v) is 20.4. The highest BCUT2D eigenvalue weighted by Crippen LogP contribution is 2.46. The lowest BCUT2D eigenvalue weighted by atomic mass is 9.76. The number of ether oxygens (including phenoxy) is 3. The van der Waals surface area contributed by atoms with Gasteiger partial charge in [0, 0.05) is 11.1 Å². The predicted molar refractivity (Wildman–Crippen MR) is 236 cm³/mol. The first-order chi connectivity index (χ1) is 29.5. The molecule has 9 heteroatoms. The van der Waals surface area contributed by atoms with Crippen molar-refractivity contribution in [3.05, 3.63) is 215 Å². The molecule has 2 heterocycles. The van der Waals surface area contributed by atoms with E-state index in [2.05, 4.69) is 66.8 Å². The van der Waals surface area contributed by atoms with Crippen LogP contribution in [0, 0.1) is 0 Å². The molecule has 0 aliphatic heterocycles. The van der Waals surface area contributed by atoms with Crippen LogP contribution in [0.2, 0.25) is 0 Å². The first kappa shape index (κ1) is 40.0. The minimum atomic E-state index is -1.12. The van der Waals surface area contributed by atoms with E-state index < -0.39 is 17.4 Å². The fraction of sp³-hybridized carbons (Fsp3) is 0.196. The van der Waals surface area contributed by atoms with Crippen LogP contribution in [0.4, 0.5) is 5.95 Å². The second kappa shape index (κ2) is 18.0. The Hall–Kier alpha value is -6.81. The van der Waals surface area contributed by atoms with Crippen LogP contribution in [0.5, 0.6) is 11.5 Å². The summed E-state index contributed by atoms with van der Waals surface area (Å²) in [6.45, 7) is 4.37. The molecule has 0 bridgehead atoms. The van der Waals surface area contributed by atoms with Crippen molar-refractivity contribution in [2.75, 3.05) is 19.0 Å². The van der Waals surface area contributed by atoms with Crippen LogP contribution in [0.1, 0.15) is 71.9 Å². The Balaban J connectivity index is 1.31. The van der Waals surface area contributed by atoms with E-state index in [1.165, 1.54) is 0 Å². The second-order valence-electron chi connectivity index (χ2n) is 14.5. The number of aliphatic hydroxyl groups excluding tert-OH is 1. The maximum Gasteiger partial charge on any atom is 0.226 e. The standard InChI is InChI=1S/C51H49N5O4/c1-4-20-47(60-51(40-25-14-8-15-26-40,41-27-16-9-17-28-41)42-31-32-45(59-5-2)37(33-42)35-57)56-36-53-44-34-52-49(54-48(44)56)55-50(38-21-10-6-11-22-38,39-23-12-7-13-24-39)43-29-18-19-30-46(43)58-3/h6-19,21-34,36,47,57H,4-5,20,35H2,1-3H3,(H,52,54,55). The molecular formula is C51H49N5O4. The highest BCUT2D eigenvalue weighted by atomic mass is 16.5. The van der Waals surface area contributed by atoms with Gasteiger partial charge in [0.25, 0.3) is 0 Å². The van der Waals surface area contributed by atoms with Crippen molar-refractivity contribution in [1.82, 2.24) is 19.5 Å². The third-order valence-electron chi connectivity index (χ3n) is 11.0. The molecule has 6 aromatic carbocycles. The van der Waals surface area contributed by atoms with Crippen LogP contribution in [-0.2, 0) is 22.5 Å². The first-order valence-electron chi connectivity index (χ1n) is 20.4. The van der Waals surface area contributed by atoms with Crippen LogP contribution in [0.3, 0.4) is 0 Å². The molecule has 2 aromatic heterocycles. The van der Waals surface area contributed by atoms with E-state index >= 15 is 0 Å². The number of rotatable bonds is 17. The minimum Gasteiger partial charge on any atom is -0.496 e. The monoisotopic (exact) mass is 795 g/mol. The summed E-state index contributed by atoms with van der Waals surface area (Å²) in [5.74, 6) is 1.75. The lowest BCUT2D eigenvalue weighted by Crippen LogP contribution is -2.39. The van der Waals surface area contributed by atoms with Crippen molar-refractivity contribution >= 4 is 17.1 Å². The summed E-state index contributed by atoms with van der Waals surface area (Å²) in [7, 11) is 1.69. The number of nitrogens with zero attached hydrogens (tertiary/aromatic N) is 4. The normalized spacial score (nSPS) is 12.3. The van der Waals surface area contributed by atoms with E-state index in [0.717, 1.165) is 45.6 Å². The lowest BCUT2D eigenvalue weighted by Gasteiger charge is -2.39. The van der Waals surface area contributed by atoms with Gasteiger partial charge in [-0.2, -0.15) is 4.98 Å². The Morgan fingerprint density at radius 1 is 0.667 bits per heavy atom. The van der Waals surface area contributed by atoms with Crippen molar-refractivity contribution < 1.29 is 19.3 Å². The number of anilines is 1. The van der Waals surface area contributed by atoms with Gasteiger partial charge in [-0.1, -0.05) is 159 Å². The summed E-state index contributed by atoms with van der Waals surface area (Å²) >= 11 is 0. The van der Waals surface area contributed by atoms with Gasteiger partial charge in [-0.3, -0.25) is 4.57 Å². The van der Waals surface area contributed by atoms with Crippen LogP contribution in [0.25, 0.3) is 11.2 Å². The van der Waals surface area contributed by atoms with Gasteiger partial charge in [-0.15, -0.1) is 0 Å². The number of nitrogens with one attached hydrogen (secondary N) is 1. The molecule has 0 spiro atoms. The summed E-state index contributed by atoms with van der Waals surface area (Å²) in [6, 6.07) is 55.1. The lowest BCUT2D eigenvalue weighted by molar-refractivity contribution is -0.0885. The molecule has 0 aliphatic rings. The molecule has 2 N–H and O–H groups in total. The van der Waals surface area contributed by atoms with E-state index in [1.807, 2.05) is 121 Å². The Morgan fingerprint density at radius 3 is 1.82 bits per heavy atom. The van der Waals surface area contributed by atoms with Crippen molar-refractivity contribution in [1.29, 1.82) is 0 Å². The molecule has 60 heavy (non-hydrogen) atoms. The van der Waals surface area contributed by atoms with Gasteiger partial charge in [-0.25, -0.2) is 9.97 Å². The molecule has 0 aliphatic carbocycles. The molecule has 302 valence electrons. The fourth-order valence-electron chi connectivity index (χ4n) is 8.26. The number of methoxy groups -OCH3 is 1. The van der Waals surface area contributed by atoms with Gasteiger partial charge < -0.3 is 24.6 Å². The van der Waals surface area contributed by atoms with E-state index in [9.17, 15) is 5.11 Å². The fourth-order valence-corrected chi connectivity index (χ4v) is 8.26. The molecule has 0 fully saturated rings. The molecule has 1 atom stereocenters. The van der Waals surface area contributed by atoms with Gasteiger partial charge in [0.2, 0.25) is 5.95 Å². The molecule has 0 saturated heterocycles. The van der Waals surface area contributed by atoms with Gasteiger partial charge in [-0.05, 0) is 59.4 Å².